The van der Waals surface area contributed by atoms with Crippen molar-refractivity contribution in [2.75, 3.05) is 21.3 Å². The summed E-state index contributed by atoms with van der Waals surface area (Å²) in [5, 5.41) is 9.70. The number of halogens is 2. The third kappa shape index (κ3) is 8.34. The summed E-state index contributed by atoms with van der Waals surface area (Å²) < 4.78 is 9.95. The van der Waals surface area contributed by atoms with Crippen molar-refractivity contribution in [2.24, 2.45) is 10.3 Å². The third-order valence-corrected chi connectivity index (χ3v) is 6.41. The third-order valence-electron chi connectivity index (χ3n) is 5.82. The molecule has 0 amide bonds. The normalized spacial score (nSPS) is 12.2. The number of nitrogens with zero attached hydrogens (tertiary/aromatic N) is 2. The Morgan fingerprint density at radius 3 is 2.31 bits per heavy atom. The van der Waals surface area contributed by atoms with E-state index < -0.39 is 5.97 Å². The van der Waals surface area contributed by atoms with E-state index in [0.29, 0.717) is 27.0 Å². The van der Waals surface area contributed by atoms with Gasteiger partial charge in [-0.05, 0) is 48.6 Å². The van der Waals surface area contributed by atoms with Gasteiger partial charge < -0.3 is 19.1 Å². The molecule has 0 spiro atoms. The van der Waals surface area contributed by atoms with E-state index in [1.54, 1.807) is 19.1 Å². The Morgan fingerprint density at radius 1 is 0.897 bits per heavy atom. The van der Waals surface area contributed by atoms with Gasteiger partial charge in [0.1, 0.15) is 30.7 Å². The van der Waals surface area contributed by atoms with Crippen molar-refractivity contribution >= 4 is 46.2 Å². The van der Waals surface area contributed by atoms with E-state index in [2.05, 4.69) is 10.3 Å². The van der Waals surface area contributed by atoms with Crippen LogP contribution < -0.4 is 0 Å². The summed E-state index contributed by atoms with van der Waals surface area (Å²) in [6, 6.07) is 20.8. The van der Waals surface area contributed by atoms with E-state index in [9.17, 15) is 4.79 Å². The number of methoxy groups -OCH3 is 2. The van der Waals surface area contributed by atoms with E-state index in [1.807, 2.05) is 54.6 Å². The summed E-state index contributed by atoms with van der Waals surface area (Å²) in [6.07, 6.45) is 2.96. The Bertz CT molecular complexity index is 1370. The molecule has 0 fully saturated rings. The number of carbonyl (C=O) groups excluding carboxylic acids is 1. The molecule has 0 saturated carbocycles. The first kappa shape index (κ1) is 29.7. The second-order valence-corrected chi connectivity index (χ2v) is 9.26. The highest BCUT2D eigenvalue weighted by Crippen LogP contribution is 2.23. The Labute approximate surface area is 238 Å². The zero-order valence-electron chi connectivity index (χ0n) is 22.2. The molecule has 0 heterocycles. The van der Waals surface area contributed by atoms with Gasteiger partial charge in [0.15, 0.2) is 0 Å². The van der Waals surface area contributed by atoms with Crippen molar-refractivity contribution < 1.29 is 23.9 Å². The fourth-order valence-corrected chi connectivity index (χ4v) is 4.35. The SMILES string of the molecule is CO/C=C(/C(=O)OC)c1ccccc1CO/N=C(C)/C(=N\OC)c1ccc(CCc2ccc(Cl)cc2Cl)cc1. The van der Waals surface area contributed by atoms with Crippen LogP contribution in [-0.4, -0.2) is 38.7 Å². The van der Waals surface area contributed by atoms with Gasteiger partial charge in [-0.1, -0.05) is 88.1 Å². The monoisotopic (exact) mass is 568 g/mol. The van der Waals surface area contributed by atoms with E-state index in [4.69, 9.17) is 42.4 Å². The molecular formula is C30H30Cl2N2O5. The molecule has 0 bridgehead atoms. The first-order valence-electron chi connectivity index (χ1n) is 12.1. The van der Waals surface area contributed by atoms with Crippen LogP contribution in [0.1, 0.15) is 34.7 Å². The number of rotatable bonds is 12. The van der Waals surface area contributed by atoms with E-state index in [-0.39, 0.29) is 12.2 Å². The minimum Gasteiger partial charge on any atom is -0.503 e. The van der Waals surface area contributed by atoms with Gasteiger partial charge in [-0.25, -0.2) is 4.79 Å². The molecule has 7 nitrogen and oxygen atoms in total. The fourth-order valence-electron chi connectivity index (χ4n) is 3.85. The molecule has 0 saturated heterocycles. The van der Waals surface area contributed by atoms with Crippen LogP contribution in [0.4, 0.5) is 0 Å². The molecule has 0 aromatic heterocycles. The number of benzene rings is 3. The molecule has 9 heteroatoms. The second-order valence-electron chi connectivity index (χ2n) is 8.42. The summed E-state index contributed by atoms with van der Waals surface area (Å²) in [4.78, 5) is 23.0. The van der Waals surface area contributed by atoms with Gasteiger partial charge >= 0.3 is 5.97 Å². The number of esters is 1. The van der Waals surface area contributed by atoms with Gasteiger partial charge in [-0.3, -0.25) is 0 Å². The lowest BCUT2D eigenvalue weighted by atomic mass is 10.0. The number of hydrogen-bond acceptors (Lipinski definition) is 7. The van der Waals surface area contributed by atoms with Crippen LogP contribution in [-0.2, 0) is 43.4 Å². The second kappa shape index (κ2) is 15.0. The van der Waals surface area contributed by atoms with Crippen LogP contribution >= 0.6 is 23.2 Å². The fraction of sp³-hybridized carbons (Fsp3) is 0.233. The van der Waals surface area contributed by atoms with Crippen LogP contribution in [0, 0.1) is 0 Å². The topological polar surface area (TPSA) is 78.7 Å². The highest BCUT2D eigenvalue weighted by Gasteiger charge is 2.17. The molecule has 3 rings (SSSR count). The molecule has 0 atom stereocenters. The van der Waals surface area contributed by atoms with Crippen LogP contribution in [0.5, 0.6) is 0 Å². The Balaban J connectivity index is 1.71. The van der Waals surface area contributed by atoms with Gasteiger partial charge in [0.2, 0.25) is 0 Å². The van der Waals surface area contributed by atoms with Crippen molar-refractivity contribution in [1.29, 1.82) is 0 Å². The van der Waals surface area contributed by atoms with Crippen molar-refractivity contribution in [3.05, 3.63) is 111 Å². The van der Waals surface area contributed by atoms with Crippen molar-refractivity contribution in [3.8, 4) is 0 Å². The van der Waals surface area contributed by atoms with Crippen LogP contribution in [0.25, 0.3) is 5.57 Å². The lowest BCUT2D eigenvalue weighted by Gasteiger charge is -2.11. The Morgan fingerprint density at radius 2 is 1.64 bits per heavy atom. The molecule has 3 aromatic carbocycles. The van der Waals surface area contributed by atoms with Gasteiger partial charge in [0.25, 0.3) is 0 Å². The molecule has 0 aliphatic rings. The average molecular weight is 569 g/mol. The maximum Gasteiger partial charge on any atom is 0.341 e. The molecular weight excluding hydrogens is 539 g/mol. The first-order valence-corrected chi connectivity index (χ1v) is 12.8. The molecule has 3 aromatic rings. The van der Waals surface area contributed by atoms with E-state index in [1.165, 1.54) is 27.6 Å². The average Bonchev–Trinajstić information content (AvgIpc) is 2.94. The van der Waals surface area contributed by atoms with Gasteiger partial charge in [0, 0.05) is 21.2 Å². The summed E-state index contributed by atoms with van der Waals surface area (Å²) >= 11 is 12.3. The van der Waals surface area contributed by atoms with Gasteiger partial charge in [-0.15, -0.1) is 0 Å². The molecule has 0 aliphatic carbocycles. The van der Waals surface area contributed by atoms with Crippen LogP contribution in [0.2, 0.25) is 10.0 Å². The molecule has 204 valence electrons. The molecule has 0 unspecified atom stereocenters. The van der Waals surface area contributed by atoms with Crippen molar-refractivity contribution in [3.63, 3.8) is 0 Å². The number of aryl methyl sites for hydroxylation is 2. The number of hydrogen-bond donors (Lipinski definition) is 0. The largest absolute Gasteiger partial charge is 0.503 e. The smallest absolute Gasteiger partial charge is 0.341 e. The predicted octanol–water partition coefficient (Wildman–Crippen LogP) is 6.88. The van der Waals surface area contributed by atoms with E-state index in [0.717, 1.165) is 35.1 Å². The van der Waals surface area contributed by atoms with E-state index >= 15 is 0 Å². The maximum atomic E-state index is 12.2. The van der Waals surface area contributed by atoms with Gasteiger partial charge in [0.05, 0.1) is 20.5 Å². The number of ether oxygens (including phenoxy) is 2. The van der Waals surface area contributed by atoms with Crippen LogP contribution in [0.3, 0.4) is 0 Å². The number of carbonyl (C=O) groups is 1. The summed E-state index contributed by atoms with van der Waals surface area (Å²) in [6.45, 7) is 1.89. The van der Waals surface area contributed by atoms with Gasteiger partial charge in [-0.2, -0.15) is 0 Å². The summed E-state index contributed by atoms with van der Waals surface area (Å²) in [5.74, 6) is -0.516. The molecule has 0 N–H and O–H groups in total. The number of oxime groups is 2. The lowest BCUT2D eigenvalue weighted by molar-refractivity contribution is -0.133. The minimum absolute atomic E-state index is 0.109. The molecule has 0 radical (unpaired) electrons. The predicted molar refractivity (Wildman–Crippen MR) is 155 cm³/mol. The maximum absolute atomic E-state index is 12.2. The lowest BCUT2D eigenvalue weighted by Crippen LogP contribution is -2.14. The quantitative estimate of drug-likeness (QED) is 0.0781. The van der Waals surface area contributed by atoms with Crippen molar-refractivity contribution in [2.45, 2.75) is 26.4 Å². The van der Waals surface area contributed by atoms with Crippen LogP contribution in [0.15, 0.2) is 83.3 Å². The highest BCUT2D eigenvalue weighted by atomic mass is 35.5. The summed E-state index contributed by atoms with van der Waals surface area (Å²) in [7, 11) is 4.26. The standard InChI is InChI=1S/C30H30Cl2N2O5/c1-20(33-39-18-24-7-5-6-8-26(24)27(19-36-2)30(35)37-3)29(34-38-4)23-13-10-21(11-14-23)9-12-22-15-16-25(31)17-28(22)32/h5-8,10-11,13-17,19H,9,12,18H2,1-4H3/b27-19+,33-20+,34-29+. The Kier molecular flexibility index (Phi) is 11.4. The zero-order valence-corrected chi connectivity index (χ0v) is 23.8. The first-order chi connectivity index (χ1) is 18.9. The molecule has 39 heavy (non-hydrogen) atoms. The highest BCUT2D eigenvalue weighted by molar-refractivity contribution is 6.47. The van der Waals surface area contributed by atoms with Crippen molar-refractivity contribution in [1.82, 2.24) is 0 Å². The summed E-state index contributed by atoms with van der Waals surface area (Å²) in [5.41, 5.74) is 5.72. The minimum atomic E-state index is -0.516. The molecule has 0 aliphatic heterocycles. The Hall–Kier alpha value is -3.81. The zero-order chi connectivity index (χ0) is 28.2.